The molecule has 0 spiro atoms. The smallest absolute Gasteiger partial charge is 0.125 e. The summed E-state index contributed by atoms with van der Waals surface area (Å²) >= 11 is 3.52. The molecule has 1 unspecified atom stereocenters. The van der Waals surface area contributed by atoms with Crippen molar-refractivity contribution in [2.45, 2.75) is 33.1 Å². The first-order valence-corrected chi connectivity index (χ1v) is 5.73. The largest absolute Gasteiger partial charge is 0.496 e. The van der Waals surface area contributed by atoms with Crippen LogP contribution in [0.3, 0.4) is 0 Å². The quantitative estimate of drug-likeness (QED) is 0.785. The molecule has 0 saturated carbocycles. The van der Waals surface area contributed by atoms with Crippen LogP contribution in [0.4, 0.5) is 0 Å². The minimum atomic E-state index is 0.543. The Kier molecular flexibility index (Phi) is 3.99. The third-order valence-corrected chi connectivity index (χ3v) is 3.07. The normalized spacial score (nSPS) is 12.6. The van der Waals surface area contributed by atoms with Crippen LogP contribution in [-0.4, -0.2) is 7.11 Å². The van der Waals surface area contributed by atoms with E-state index in [0.717, 1.165) is 16.6 Å². The molecule has 0 heterocycles. The lowest BCUT2D eigenvalue weighted by atomic mass is 9.96. The van der Waals surface area contributed by atoms with E-state index in [0.29, 0.717) is 5.92 Å². The van der Waals surface area contributed by atoms with E-state index in [2.05, 4.69) is 48.8 Å². The molecule has 0 amide bonds. The summed E-state index contributed by atoms with van der Waals surface area (Å²) in [5.41, 5.74) is 2.49. The van der Waals surface area contributed by atoms with Gasteiger partial charge in [-0.05, 0) is 42.5 Å². The number of halogens is 1. The standard InChI is InChI=1S/C12H17BrO/c1-5-8(2)11-7-10(13)6-9(3)12(11)14-4/h6-8H,5H2,1-4H3. The van der Waals surface area contributed by atoms with Crippen LogP contribution < -0.4 is 4.74 Å². The zero-order valence-electron chi connectivity index (χ0n) is 9.23. The van der Waals surface area contributed by atoms with Gasteiger partial charge in [-0.3, -0.25) is 0 Å². The first-order valence-electron chi connectivity index (χ1n) is 4.94. The van der Waals surface area contributed by atoms with Gasteiger partial charge in [0, 0.05) is 4.47 Å². The molecular formula is C12H17BrO. The molecule has 0 aliphatic rings. The van der Waals surface area contributed by atoms with Crippen molar-refractivity contribution in [3.05, 3.63) is 27.7 Å². The highest BCUT2D eigenvalue weighted by molar-refractivity contribution is 9.10. The van der Waals surface area contributed by atoms with Crippen molar-refractivity contribution in [1.29, 1.82) is 0 Å². The third kappa shape index (κ3) is 2.30. The molecule has 2 heteroatoms. The summed E-state index contributed by atoms with van der Waals surface area (Å²) in [4.78, 5) is 0. The van der Waals surface area contributed by atoms with Crippen LogP contribution in [-0.2, 0) is 0 Å². The van der Waals surface area contributed by atoms with E-state index in [4.69, 9.17) is 4.74 Å². The molecule has 0 aliphatic carbocycles. The van der Waals surface area contributed by atoms with Gasteiger partial charge in [-0.2, -0.15) is 0 Å². The van der Waals surface area contributed by atoms with Gasteiger partial charge in [0.15, 0.2) is 0 Å². The highest BCUT2D eigenvalue weighted by atomic mass is 79.9. The monoisotopic (exact) mass is 256 g/mol. The molecule has 1 nitrogen and oxygen atoms in total. The molecule has 0 aromatic heterocycles. The predicted molar refractivity (Wildman–Crippen MR) is 64.1 cm³/mol. The molecular weight excluding hydrogens is 240 g/mol. The Morgan fingerprint density at radius 2 is 2.07 bits per heavy atom. The number of ether oxygens (including phenoxy) is 1. The number of hydrogen-bond donors (Lipinski definition) is 0. The summed E-state index contributed by atoms with van der Waals surface area (Å²) in [7, 11) is 1.74. The molecule has 0 N–H and O–H groups in total. The van der Waals surface area contributed by atoms with E-state index in [-0.39, 0.29) is 0 Å². The predicted octanol–water partition coefficient (Wildman–Crippen LogP) is 4.28. The Morgan fingerprint density at radius 3 is 2.57 bits per heavy atom. The van der Waals surface area contributed by atoms with Crippen molar-refractivity contribution in [3.8, 4) is 5.75 Å². The van der Waals surface area contributed by atoms with Crippen molar-refractivity contribution < 1.29 is 4.74 Å². The van der Waals surface area contributed by atoms with Gasteiger partial charge in [0.2, 0.25) is 0 Å². The second kappa shape index (κ2) is 4.83. The first kappa shape index (κ1) is 11.6. The lowest BCUT2D eigenvalue weighted by Crippen LogP contribution is -1.98. The van der Waals surface area contributed by atoms with Crippen LogP contribution in [0.25, 0.3) is 0 Å². The molecule has 0 fully saturated rings. The maximum Gasteiger partial charge on any atom is 0.125 e. The number of rotatable bonds is 3. The first-order chi connectivity index (χ1) is 6.60. The van der Waals surface area contributed by atoms with Gasteiger partial charge < -0.3 is 4.74 Å². The summed E-state index contributed by atoms with van der Waals surface area (Å²) < 4.78 is 6.56. The van der Waals surface area contributed by atoms with Gasteiger partial charge in [-0.25, -0.2) is 0 Å². The molecule has 1 aromatic carbocycles. The Balaban J connectivity index is 3.24. The molecule has 0 bridgehead atoms. The van der Waals surface area contributed by atoms with Gasteiger partial charge in [0.05, 0.1) is 7.11 Å². The lowest BCUT2D eigenvalue weighted by molar-refractivity contribution is 0.402. The summed E-state index contributed by atoms with van der Waals surface area (Å²) in [5.74, 6) is 1.57. The van der Waals surface area contributed by atoms with Crippen LogP contribution in [0, 0.1) is 6.92 Å². The Bertz CT molecular complexity index is 320. The van der Waals surface area contributed by atoms with Gasteiger partial charge in [0.25, 0.3) is 0 Å². The zero-order chi connectivity index (χ0) is 10.7. The second-order valence-electron chi connectivity index (χ2n) is 3.65. The second-order valence-corrected chi connectivity index (χ2v) is 4.57. The summed E-state index contributed by atoms with van der Waals surface area (Å²) in [5, 5.41) is 0. The molecule has 1 rings (SSSR count). The maximum atomic E-state index is 5.43. The number of hydrogen-bond acceptors (Lipinski definition) is 1. The Morgan fingerprint density at radius 1 is 1.43 bits per heavy atom. The van der Waals surface area contributed by atoms with Gasteiger partial charge in [-0.15, -0.1) is 0 Å². The minimum Gasteiger partial charge on any atom is -0.496 e. The zero-order valence-corrected chi connectivity index (χ0v) is 10.8. The van der Waals surface area contributed by atoms with E-state index in [1.807, 2.05) is 0 Å². The van der Waals surface area contributed by atoms with E-state index in [9.17, 15) is 0 Å². The molecule has 0 aliphatic heterocycles. The number of benzene rings is 1. The van der Waals surface area contributed by atoms with Crippen molar-refractivity contribution >= 4 is 15.9 Å². The minimum absolute atomic E-state index is 0.543. The van der Waals surface area contributed by atoms with Crippen molar-refractivity contribution in [1.82, 2.24) is 0 Å². The molecule has 78 valence electrons. The third-order valence-electron chi connectivity index (χ3n) is 2.62. The molecule has 1 aromatic rings. The van der Waals surface area contributed by atoms with Gasteiger partial charge >= 0.3 is 0 Å². The molecule has 0 radical (unpaired) electrons. The van der Waals surface area contributed by atoms with Crippen LogP contribution in [0.5, 0.6) is 5.75 Å². The van der Waals surface area contributed by atoms with E-state index in [1.54, 1.807) is 7.11 Å². The van der Waals surface area contributed by atoms with E-state index >= 15 is 0 Å². The van der Waals surface area contributed by atoms with Crippen molar-refractivity contribution in [2.24, 2.45) is 0 Å². The van der Waals surface area contributed by atoms with Crippen molar-refractivity contribution in [3.63, 3.8) is 0 Å². The Hall–Kier alpha value is -0.500. The fourth-order valence-electron chi connectivity index (χ4n) is 1.62. The summed E-state index contributed by atoms with van der Waals surface area (Å²) in [6, 6.07) is 4.24. The van der Waals surface area contributed by atoms with Crippen LogP contribution in [0.15, 0.2) is 16.6 Å². The van der Waals surface area contributed by atoms with E-state index in [1.165, 1.54) is 11.1 Å². The highest BCUT2D eigenvalue weighted by Gasteiger charge is 2.12. The average Bonchev–Trinajstić information content (AvgIpc) is 2.15. The van der Waals surface area contributed by atoms with Crippen molar-refractivity contribution in [2.75, 3.05) is 7.11 Å². The van der Waals surface area contributed by atoms with Crippen LogP contribution >= 0.6 is 15.9 Å². The fourth-order valence-corrected chi connectivity index (χ4v) is 2.21. The summed E-state index contributed by atoms with van der Waals surface area (Å²) in [6.45, 7) is 6.50. The summed E-state index contributed by atoms with van der Waals surface area (Å²) in [6.07, 6.45) is 1.13. The molecule has 1 atom stereocenters. The lowest BCUT2D eigenvalue weighted by Gasteiger charge is -2.16. The highest BCUT2D eigenvalue weighted by Crippen LogP contribution is 2.34. The molecule has 14 heavy (non-hydrogen) atoms. The van der Waals surface area contributed by atoms with Crippen LogP contribution in [0.2, 0.25) is 0 Å². The maximum absolute atomic E-state index is 5.43. The Labute approximate surface area is 94.6 Å². The fraction of sp³-hybridized carbons (Fsp3) is 0.500. The molecule has 0 saturated heterocycles. The van der Waals surface area contributed by atoms with Gasteiger partial charge in [0.1, 0.15) is 5.75 Å². The van der Waals surface area contributed by atoms with Gasteiger partial charge in [-0.1, -0.05) is 29.8 Å². The SMILES string of the molecule is CCC(C)c1cc(Br)cc(C)c1OC. The number of aryl methyl sites for hydroxylation is 1. The van der Waals surface area contributed by atoms with Crippen LogP contribution in [0.1, 0.15) is 37.3 Å². The van der Waals surface area contributed by atoms with E-state index < -0.39 is 0 Å². The topological polar surface area (TPSA) is 9.23 Å². The number of methoxy groups -OCH3 is 1. The average molecular weight is 257 g/mol.